The summed E-state index contributed by atoms with van der Waals surface area (Å²) < 4.78 is 2.39. The maximum absolute atomic E-state index is 4.35. The zero-order valence-corrected chi connectivity index (χ0v) is 25.8. The van der Waals surface area contributed by atoms with Gasteiger partial charge in [0.1, 0.15) is 0 Å². The van der Waals surface area contributed by atoms with Crippen molar-refractivity contribution in [3.8, 4) is 16.8 Å². The van der Waals surface area contributed by atoms with Crippen molar-refractivity contribution >= 4 is 61.4 Å². The Bertz CT molecular complexity index is 2450. The predicted molar refractivity (Wildman–Crippen MR) is 200 cm³/mol. The molecule has 7 aromatic carbocycles. The second kappa shape index (κ2) is 11.3. The van der Waals surface area contributed by atoms with Crippen molar-refractivity contribution in [2.24, 2.45) is 4.99 Å². The van der Waals surface area contributed by atoms with Crippen LogP contribution in [-0.2, 0) is 0 Å². The summed E-state index contributed by atoms with van der Waals surface area (Å²) in [4.78, 5) is 6.65. The number of hydrogen-bond acceptors (Lipinski definition) is 2. The fraction of sp³-hybridized carbons (Fsp3) is 0.0227. The van der Waals surface area contributed by atoms with E-state index in [0.717, 1.165) is 29.3 Å². The maximum atomic E-state index is 4.35. The number of para-hydroxylation sites is 2. The van der Waals surface area contributed by atoms with E-state index in [9.17, 15) is 0 Å². The number of rotatable bonds is 6. The van der Waals surface area contributed by atoms with Gasteiger partial charge in [-0.25, -0.2) is 0 Å². The predicted octanol–water partition coefficient (Wildman–Crippen LogP) is 11.5. The van der Waals surface area contributed by atoms with E-state index in [1.807, 2.05) is 6.21 Å². The second-order valence-electron chi connectivity index (χ2n) is 12.0. The number of aliphatic imine (C=N–C) groups is 1. The highest BCUT2D eigenvalue weighted by Crippen LogP contribution is 2.38. The van der Waals surface area contributed by atoms with E-state index in [0.29, 0.717) is 0 Å². The highest BCUT2D eigenvalue weighted by atomic mass is 15.1. The van der Waals surface area contributed by atoms with Crippen molar-refractivity contribution in [2.45, 2.75) is 0 Å². The van der Waals surface area contributed by atoms with E-state index in [2.05, 4.69) is 184 Å². The first-order valence-corrected chi connectivity index (χ1v) is 16.1. The molecule has 3 heteroatoms. The molecule has 3 nitrogen and oxygen atoms in total. The molecule has 1 aromatic heterocycles. The van der Waals surface area contributed by atoms with Crippen LogP contribution in [0.25, 0.3) is 55.0 Å². The van der Waals surface area contributed by atoms with Crippen LogP contribution >= 0.6 is 0 Å². The lowest BCUT2D eigenvalue weighted by Crippen LogP contribution is -2.09. The Kier molecular flexibility index (Phi) is 6.53. The Morgan fingerprint density at radius 2 is 1.06 bits per heavy atom. The summed E-state index contributed by atoms with van der Waals surface area (Å²) in [6.07, 6.45) is 4.12. The molecule has 0 fully saturated rings. The molecule has 0 bridgehead atoms. The van der Waals surface area contributed by atoms with Crippen LogP contribution in [0.5, 0.6) is 0 Å². The van der Waals surface area contributed by atoms with Crippen molar-refractivity contribution in [1.82, 2.24) is 4.57 Å². The highest BCUT2D eigenvalue weighted by Gasteiger charge is 2.16. The molecule has 0 saturated heterocycles. The molecule has 0 atom stereocenters. The fourth-order valence-electron chi connectivity index (χ4n) is 7.00. The molecule has 1 aliphatic rings. The van der Waals surface area contributed by atoms with Crippen LogP contribution in [0.1, 0.15) is 5.56 Å². The van der Waals surface area contributed by atoms with Gasteiger partial charge in [-0.15, -0.1) is 0 Å². The number of hydrogen-bond donors (Lipinski definition) is 0. The van der Waals surface area contributed by atoms with Crippen LogP contribution in [0.2, 0.25) is 0 Å². The van der Waals surface area contributed by atoms with Gasteiger partial charge in [-0.05, 0) is 93.7 Å². The smallest absolute Gasteiger partial charge is 0.0580 e. The normalized spacial score (nSPS) is 12.6. The molecule has 8 aromatic rings. The van der Waals surface area contributed by atoms with Crippen molar-refractivity contribution in [3.63, 3.8) is 0 Å². The number of fused-ring (bicyclic) bond motifs is 5. The molecule has 9 rings (SSSR count). The van der Waals surface area contributed by atoms with Gasteiger partial charge in [-0.1, -0.05) is 109 Å². The van der Waals surface area contributed by atoms with Gasteiger partial charge in [0.2, 0.25) is 0 Å². The summed E-state index contributed by atoms with van der Waals surface area (Å²) in [7, 11) is 0. The van der Waals surface area contributed by atoms with E-state index in [4.69, 9.17) is 0 Å². The zero-order valence-electron chi connectivity index (χ0n) is 25.8. The SMILES string of the molecule is C1=NCC=C1c1ccc(N(c2ccccc2)c2ccc(-c3ccc(-n4c5ccccc5c5c6ccccc6ccc54)cc3)cc2)cc1. The van der Waals surface area contributed by atoms with E-state index < -0.39 is 0 Å². The first-order valence-electron chi connectivity index (χ1n) is 16.1. The second-order valence-corrected chi connectivity index (χ2v) is 12.0. The van der Waals surface area contributed by atoms with Crippen LogP contribution in [-0.4, -0.2) is 17.3 Å². The summed E-state index contributed by atoms with van der Waals surface area (Å²) in [6.45, 7) is 0.764. The number of aromatic nitrogens is 1. The zero-order chi connectivity index (χ0) is 31.2. The standard InChI is InChI=1S/C44H31N3/c1-2-9-36(10-3-1)46(38-23-18-33(19-24-38)35-28-29-45-30-35)37-21-14-31(15-22-37)32-16-25-39(26-17-32)47-42-13-7-6-12-41(42)44-40-11-5-4-8-34(40)20-27-43(44)47/h1-28,30H,29H2. The van der Waals surface area contributed by atoms with E-state index in [1.54, 1.807) is 0 Å². The Morgan fingerprint density at radius 3 is 1.77 bits per heavy atom. The monoisotopic (exact) mass is 601 g/mol. The molecule has 1 aliphatic heterocycles. The average molecular weight is 602 g/mol. The molecule has 0 spiro atoms. The Hall–Kier alpha value is -6.19. The molecular weight excluding hydrogens is 571 g/mol. The van der Waals surface area contributed by atoms with E-state index in [1.165, 1.54) is 54.8 Å². The molecule has 0 unspecified atom stereocenters. The van der Waals surface area contributed by atoms with Gasteiger partial charge in [0, 0.05) is 39.7 Å². The average Bonchev–Trinajstić information content (AvgIpc) is 3.80. The number of benzene rings is 7. The topological polar surface area (TPSA) is 20.5 Å². The lowest BCUT2D eigenvalue weighted by molar-refractivity contribution is 1.18. The van der Waals surface area contributed by atoms with Gasteiger partial charge in [-0.3, -0.25) is 4.99 Å². The van der Waals surface area contributed by atoms with Crippen LogP contribution in [0.15, 0.2) is 175 Å². The Balaban J connectivity index is 1.06. The third kappa shape index (κ3) is 4.72. The largest absolute Gasteiger partial charge is 0.311 e. The van der Waals surface area contributed by atoms with Gasteiger partial charge in [0.15, 0.2) is 0 Å². The van der Waals surface area contributed by atoms with Crippen molar-refractivity contribution in [2.75, 3.05) is 11.4 Å². The molecular formula is C44H31N3. The van der Waals surface area contributed by atoms with Gasteiger partial charge in [0.25, 0.3) is 0 Å². The highest BCUT2D eigenvalue weighted by molar-refractivity contribution is 6.21. The van der Waals surface area contributed by atoms with Gasteiger partial charge in [-0.2, -0.15) is 0 Å². The third-order valence-electron chi connectivity index (χ3n) is 9.27. The summed E-state index contributed by atoms with van der Waals surface area (Å²) in [5.74, 6) is 0. The molecule has 0 saturated carbocycles. The summed E-state index contributed by atoms with van der Waals surface area (Å²) >= 11 is 0. The molecule has 2 heterocycles. The number of anilines is 3. The van der Waals surface area contributed by atoms with Gasteiger partial charge in [0.05, 0.1) is 17.6 Å². The summed E-state index contributed by atoms with van der Waals surface area (Å²) in [5.41, 5.74) is 11.7. The Morgan fingerprint density at radius 1 is 0.468 bits per heavy atom. The molecule has 0 aliphatic carbocycles. The molecule has 0 N–H and O–H groups in total. The first kappa shape index (κ1) is 27.1. The quantitative estimate of drug-likeness (QED) is 0.186. The van der Waals surface area contributed by atoms with E-state index in [-0.39, 0.29) is 0 Å². The maximum Gasteiger partial charge on any atom is 0.0580 e. The van der Waals surface area contributed by atoms with Crippen LogP contribution in [0.4, 0.5) is 17.1 Å². The lowest BCUT2D eigenvalue weighted by atomic mass is 10.0. The van der Waals surface area contributed by atoms with Gasteiger partial charge < -0.3 is 9.47 Å². The summed E-state index contributed by atoms with van der Waals surface area (Å²) in [5, 5.41) is 5.14. The lowest BCUT2D eigenvalue weighted by Gasteiger charge is -2.26. The third-order valence-corrected chi connectivity index (χ3v) is 9.27. The van der Waals surface area contributed by atoms with E-state index >= 15 is 0 Å². The molecule has 47 heavy (non-hydrogen) atoms. The van der Waals surface area contributed by atoms with Crippen molar-refractivity contribution < 1.29 is 0 Å². The fourth-order valence-corrected chi connectivity index (χ4v) is 7.00. The van der Waals surface area contributed by atoms with Crippen molar-refractivity contribution in [1.29, 1.82) is 0 Å². The van der Waals surface area contributed by atoms with Crippen molar-refractivity contribution in [3.05, 3.63) is 175 Å². The summed E-state index contributed by atoms with van der Waals surface area (Å²) in [6, 6.07) is 59.1. The molecule has 0 amide bonds. The molecule has 0 radical (unpaired) electrons. The minimum absolute atomic E-state index is 0.764. The number of nitrogens with zero attached hydrogens (tertiary/aromatic N) is 3. The van der Waals surface area contributed by atoms with Crippen LogP contribution in [0, 0.1) is 0 Å². The minimum Gasteiger partial charge on any atom is -0.311 e. The first-order chi connectivity index (χ1) is 23.3. The minimum atomic E-state index is 0.764. The van der Waals surface area contributed by atoms with Gasteiger partial charge >= 0.3 is 0 Å². The van der Waals surface area contributed by atoms with Crippen LogP contribution in [0.3, 0.4) is 0 Å². The molecule has 222 valence electrons. The Labute approximate surface area is 274 Å². The van der Waals surface area contributed by atoms with Crippen LogP contribution < -0.4 is 4.90 Å². The number of allylic oxidation sites excluding steroid dienone is 1.